The predicted octanol–water partition coefficient (Wildman–Crippen LogP) is 4.21. The number of fused-ring (bicyclic) bond motifs is 2. The molecule has 0 aromatic carbocycles. The van der Waals surface area contributed by atoms with E-state index in [4.69, 9.17) is 25.3 Å². The molecule has 210 valence electrons. The highest BCUT2D eigenvalue weighted by molar-refractivity contribution is 7.16. The maximum absolute atomic E-state index is 14.4. The number of nitrogens with zero attached hydrogens (tertiary/aromatic N) is 7. The summed E-state index contributed by atoms with van der Waals surface area (Å²) >= 11 is 1.28. The SMILES string of the molecule is COCCOc1ncc(-c2nn(C(C)c3nc4ccc(F)cn4c(=O)c3C3C=CC=C(F)C3)c3ncnc(N)c23)s1. The van der Waals surface area contributed by atoms with Gasteiger partial charge in [0.25, 0.3) is 10.8 Å². The van der Waals surface area contributed by atoms with Crippen molar-refractivity contribution in [3.8, 4) is 15.8 Å². The van der Waals surface area contributed by atoms with E-state index in [1.54, 1.807) is 30.1 Å². The molecule has 2 unspecified atom stereocenters. The van der Waals surface area contributed by atoms with Gasteiger partial charge in [0, 0.05) is 31.2 Å². The molecule has 0 saturated carbocycles. The maximum atomic E-state index is 14.4. The number of allylic oxidation sites excluding steroid dienone is 4. The summed E-state index contributed by atoms with van der Waals surface area (Å²) in [6.45, 7) is 2.56. The zero-order valence-corrected chi connectivity index (χ0v) is 22.8. The minimum Gasteiger partial charge on any atom is -0.468 e. The lowest BCUT2D eigenvalue weighted by Gasteiger charge is -2.22. The first-order valence-electron chi connectivity index (χ1n) is 12.7. The highest BCUT2D eigenvalue weighted by Gasteiger charge is 2.29. The minimum absolute atomic E-state index is 0.0263. The third kappa shape index (κ3) is 4.85. The van der Waals surface area contributed by atoms with Gasteiger partial charge in [0.1, 0.15) is 41.7 Å². The molecule has 0 fully saturated rings. The third-order valence-corrected chi connectivity index (χ3v) is 7.69. The second-order valence-corrected chi connectivity index (χ2v) is 10.4. The van der Waals surface area contributed by atoms with E-state index in [0.717, 1.165) is 10.6 Å². The number of halogens is 2. The number of pyridine rings is 1. The van der Waals surface area contributed by atoms with Crippen LogP contribution < -0.4 is 16.0 Å². The standard InChI is InChI=1S/C27H24F2N8O3S/c1-14(22-20(15-4-3-5-16(28)10-15)26(38)36-12-17(29)6-7-19(36)34-22)37-25-21(24(30)32-13-33-25)23(35-37)18-11-31-27(41-18)40-9-8-39-2/h3-7,11-15H,8-10H2,1-2H3,(H2,30,32,33). The van der Waals surface area contributed by atoms with E-state index in [1.165, 1.54) is 35.9 Å². The summed E-state index contributed by atoms with van der Waals surface area (Å²) in [6.07, 6.45) is 8.64. The minimum atomic E-state index is -0.661. The Bertz CT molecular complexity index is 1900. The zero-order chi connectivity index (χ0) is 28.7. The number of ether oxygens (including phenoxy) is 2. The average molecular weight is 579 g/mol. The van der Waals surface area contributed by atoms with Crippen molar-refractivity contribution in [1.29, 1.82) is 0 Å². The molecule has 5 aromatic heterocycles. The van der Waals surface area contributed by atoms with Crippen molar-refractivity contribution in [2.75, 3.05) is 26.1 Å². The number of hydrogen-bond acceptors (Lipinski definition) is 10. The highest BCUT2D eigenvalue weighted by Crippen LogP contribution is 2.38. The Balaban J connectivity index is 1.52. The van der Waals surface area contributed by atoms with Crippen LogP contribution in [0.3, 0.4) is 0 Å². The monoisotopic (exact) mass is 578 g/mol. The van der Waals surface area contributed by atoms with Crippen molar-refractivity contribution >= 4 is 33.8 Å². The van der Waals surface area contributed by atoms with E-state index in [1.807, 2.05) is 6.92 Å². The molecule has 14 heteroatoms. The molecule has 0 aliphatic heterocycles. The van der Waals surface area contributed by atoms with E-state index in [2.05, 4.69) is 15.0 Å². The molecule has 41 heavy (non-hydrogen) atoms. The van der Waals surface area contributed by atoms with Crippen LogP contribution >= 0.6 is 11.3 Å². The molecule has 5 heterocycles. The first-order valence-corrected chi connectivity index (χ1v) is 13.5. The maximum Gasteiger partial charge on any atom is 0.273 e. The van der Waals surface area contributed by atoms with Gasteiger partial charge in [-0.1, -0.05) is 23.5 Å². The van der Waals surface area contributed by atoms with Crippen LogP contribution in [-0.2, 0) is 4.74 Å². The average Bonchev–Trinajstić information content (AvgIpc) is 3.59. The van der Waals surface area contributed by atoms with Crippen LogP contribution in [0.5, 0.6) is 5.19 Å². The van der Waals surface area contributed by atoms with Gasteiger partial charge >= 0.3 is 0 Å². The Labute approximate surface area is 235 Å². The molecule has 11 nitrogen and oxygen atoms in total. The van der Waals surface area contributed by atoms with Crippen molar-refractivity contribution in [3.05, 3.63) is 82.3 Å². The smallest absolute Gasteiger partial charge is 0.273 e. The lowest BCUT2D eigenvalue weighted by atomic mass is 9.90. The van der Waals surface area contributed by atoms with Crippen molar-refractivity contribution in [1.82, 2.24) is 34.1 Å². The normalized spacial score (nSPS) is 15.9. The van der Waals surface area contributed by atoms with Crippen LogP contribution in [0, 0.1) is 5.82 Å². The molecule has 0 radical (unpaired) electrons. The van der Waals surface area contributed by atoms with Gasteiger partial charge in [-0.2, -0.15) is 5.10 Å². The molecule has 5 aromatic rings. The van der Waals surface area contributed by atoms with E-state index >= 15 is 0 Å². The lowest BCUT2D eigenvalue weighted by molar-refractivity contribution is 0.146. The van der Waals surface area contributed by atoms with Gasteiger partial charge in [-0.25, -0.2) is 33.4 Å². The second kappa shape index (κ2) is 10.8. The number of nitrogens with two attached hydrogens (primary N) is 1. The molecular weight excluding hydrogens is 554 g/mol. The van der Waals surface area contributed by atoms with Crippen LogP contribution in [0.4, 0.5) is 14.6 Å². The van der Waals surface area contributed by atoms with Crippen molar-refractivity contribution in [3.63, 3.8) is 0 Å². The molecule has 2 atom stereocenters. The van der Waals surface area contributed by atoms with Crippen LogP contribution in [-0.4, -0.2) is 54.4 Å². The van der Waals surface area contributed by atoms with Crippen molar-refractivity contribution < 1.29 is 18.3 Å². The summed E-state index contributed by atoms with van der Waals surface area (Å²) in [4.78, 5) is 32.1. The van der Waals surface area contributed by atoms with Crippen LogP contribution in [0.25, 0.3) is 27.3 Å². The number of nitrogen functional groups attached to an aromatic ring is 1. The van der Waals surface area contributed by atoms with E-state index in [0.29, 0.717) is 45.7 Å². The second-order valence-electron chi connectivity index (χ2n) is 9.36. The molecule has 6 rings (SSSR count). The quantitative estimate of drug-likeness (QED) is 0.269. The molecular formula is C27H24F2N8O3S. The molecule has 1 aliphatic carbocycles. The van der Waals surface area contributed by atoms with Gasteiger partial charge in [-0.05, 0) is 25.1 Å². The van der Waals surface area contributed by atoms with Crippen LogP contribution in [0.1, 0.15) is 36.6 Å². The summed E-state index contributed by atoms with van der Waals surface area (Å²) in [5.74, 6) is -1.38. The van der Waals surface area contributed by atoms with Gasteiger partial charge in [0.2, 0.25) is 0 Å². The topological polar surface area (TPSA) is 135 Å². The number of rotatable bonds is 8. The predicted molar refractivity (Wildman–Crippen MR) is 149 cm³/mol. The Kier molecular flexibility index (Phi) is 7.01. The zero-order valence-electron chi connectivity index (χ0n) is 22.0. The number of thiazole rings is 1. The summed E-state index contributed by atoms with van der Waals surface area (Å²) in [6, 6.07) is 1.99. The van der Waals surface area contributed by atoms with E-state index in [9.17, 15) is 13.6 Å². The fraction of sp³-hybridized carbons (Fsp3) is 0.259. The number of anilines is 1. The van der Waals surface area contributed by atoms with Gasteiger partial charge in [0.05, 0.1) is 34.8 Å². The van der Waals surface area contributed by atoms with Gasteiger partial charge < -0.3 is 15.2 Å². The molecule has 0 spiro atoms. The molecule has 2 N–H and O–H groups in total. The number of methoxy groups -OCH3 is 1. The molecule has 1 aliphatic rings. The first-order chi connectivity index (χ1) is 19.9. The van der Waals surface area contributed by atoms with Crippen LogP contribution in [0.2, 0.25) is 0 Å². The summed E-state index contributed by atoms with van der Waals surface area (Å²) in [5.41, 5.74) is 7.52. The van der Waals surface area contributed by atoms with Crippen LogP contribution in [0.15, 0.2) is 59.7 Å². The van der Waals surface area contributed by atoms with Gasteiger partial charge in [-0.3, -0.25) is 9.20 Å². The molecule has 0 amide bonds. The Morgan fingerprint density at radius 1 is 1.22 bits per heavy atom. The fourth-order valence-corrected chi connectivity index (χ4v) is 5.63. The molecule has 0 saturated heterocycles. The van der Waals surface area contributed by atoms with Gasteiger partial charge in [0.15, 0.2) is 5.65 Å². The Hall–Kier alpha value is -4.56. The fourth-order valence-electron chi connectivity index (χ4n) is 4.85. The third-order valence-electron chi connectivity index (χ3n) is 6.77. The molecule has 0 bridgehead atoms. The summed E-state index contributed by atoms with van der Waals surface area (Å²) in [5, 5.41) is 5.77. The van der Waals surface area contributed by atoms with Crippen molar-refractivity contribution in [2.24, 2.45) is 0 Å². The van der Waals surface area contributed by atoms with Crippen molar-refractivity contribution in [2.45, 2.75) is 25.3 Å². The lowest BCUT2D eigenvalue weighted by Crippen LogP contribution is -2.28. The summed E-state index contributed by atoms with van der Waals surface area (Å²) < 4.78 is 41.9. The largest absolute Gasteiger partial charge is 0.468 e. The first kappa shape index (κ1) is 26.7. The van der Waals surface area contributed by atoms with E-state index < -0.39 is 23.3 Å². The van der Waals surface area contributed by atoms with E-state index in [-0.39, 0.29) is 29.3 Å². The summed E-state index contributed by atoms with van der Waals surface area (Å²) in [7, 11) is 1.58. The highest BCUT2D eigenvalue weighted by atomic mass is 32.1. The number of hydrogen-bond donors (Lipinski definition) is 1. The van der Waals surface area contributed by atoms with Gasteiger partial charge in [-0.15, -0.1) is 0 Å². The Morgan fingerprint density at radius 2 is 2.07 bits per heavy atom. The number of aromatic nitrogens is 7. The Morgan fingerprint density at radius 3 is 2.88 bits per heavy atom.